The Morgan fingerprint density at radius 3 is 2.69 bits per heavy atom. The number of aliphatic hydroxyl groups excluding tert-OH is 1. The number of hydrogen-bond donors (Lipinski definition) is 3. The van der Waals surface area contributed by atoms with E-state index in [1.807, 2.05) is 0 Å². The number of nitrogen functional groups attached to an aromatic ring is 1. The molecule has 1 aromatic heterocycles. The van der Waals surface area contributed by atoms with Gasteiger partial charge in [0.2, 0.25) is 0 Å². The number of nitrogens with one attached hydrogen (secondary N) is 1. The highest BCUT2D eigenvalue weighted by Crippen LogP contribution is 2.21. The van der Waals surface area contributed by atoms with Gasteiger partial charge in [-0.05, 0) is 6.92 Å². The molecule has 1 heterocycles. The fraction of sp³-hybridized carbons (Fsp3) is 0.500. The topological polar surface area (TPSA) is 84.1 Å². The molecule has 0 fully saturated rings. The highest BCUT2D eigenvalue weighted by atomic mass is 19.4. The molecule has 4 N–H and O–H groups in total. The average Bonchev–Trinajstić information content (AvgIpc) is 2.18. The van der Waals surface area contributed by atoms with Crippen LogP contribution in [0.2, 0.25) is 0 Å². The monoisotopic (exact) mass is 236 g/mol. The Morgan fingerprint density at radius 1 is 1.50 bits per heavy atom. The summed E-state index contributed by atoms with van der Waals surface area (Å²) in [7, 11) is 0. The fourth-order valence-electron chi connectivity index (χ4n) is 0.951. The fourth-order valence-corrected chi connectivity index (χ4v) is 0.951. The Morgan fingerprint density at radius 2 is 2.12 bits per heavy atom. The molecule has 5 nitrogen and oxygen atoms in total. The van der Waals surface area contributed by atoms with Crippen LogP contribution in [0.15, 0.2) is 6.33 Å². The highest BCUT2D eigenvalue weighted by Gasteiger charge is 2.37. The van der Waals surface area contributed by atoms with Gasteiger partial charge in [-0.25, -0.2) is 9.97 Å². The van der Waals surface area contributed by atoms with Crippen LogP contribution in [0.1, 0.15) is 5.56 Å². The van der Waals surface area contributed by atoms with Crippen molar-refractivity contribution < 1.29 is 18.3 Å². The van der Waals surface area contributed by atoms with Gasteiger partial charge in [-0.3, -0.25) is 0 Å². The van der Waals surface area contributed by atoms with E-state index >= 15 is 0 Å². The Balaban J connectivity index is 2.65. The maximum absolute atomic E-state index is 12.0. The van der Waals surface area contributed by atoms with E-state index in [-0.39, 0.29) is 11.6 Å². The van der Waals surface area contributed by atoms with Crippen LogP contribution >= 0.6 is 0 Å². The summed E-state index contributed by atoms with van der Waals surface area (Å²) in [5.41, 5.74) is 5.88. The summed E-state index contributed by atoms with van der Waals surface area (Å²) in [4.78, 5) is 7.37. The predicted molar refractivity (Wildman–Crippen MR) is 51.7 cm³/mol. The molecule has 1 rings (SSSR count). The number of aromatic nitrogens is 2. The summed E-state index contributed by atoms with van der Waals surface area (Å²) < 4.78 is 36.0. The number of halogens is 3. The van der Waals surface area contributed by atoms with Gasteiger partial charge < -0.3 is 16.2 Å². The van der Waals surface area contributed by atoms with Crippen LogP contribution in [0.25, 0.3) is 0 Å². The molecule has 0 aliphatic rings. The van der Waals surface area contributed by atoms with E-state index in [0.29, 0.717) is 5.56 Å². The molecule has 1 aromatic rings. The first-order valence-electron chi connectivity index (χ1n) is 4.38. The van der Waals surface area contributed by atoms with Crippen LogP contribution in [-0.4, -0.2) is 33.9 Å². The largest absolute Gasteiger partial charge is 0.416 e. The minimum atomic E-state index is -4.65. The summed E-state index contributed by atoms with van der Waals surface area (Å²) in [5.74, 6) is 0.356. The van der Waals surface area contributed by atoms with Crippen molar-refractivity contribution >= 4 is 11.6 Å². The van der Waals surface area contributed by atoms with Gasteiger partial charge in [0, 0.05) is 5.56 Å². The SMILES string of the molecule is Cc1c(N)ncnc1NCC(O)C(F)(F)F. The van der Waals surface area contributed by atoms with Crippen LogP contribution in [0, 0.1) is 6.92 Å². The first kappa shape index (κ1) is 12.5. The molecule has 0 bridgehead atoms. The third-order valence-corrected chi connectivity index (χ3v) is 1.96. The van der Waals surface area contributed by atoms with E-state index in [9.17, 15) is 13.2 Å². The van der Waals surface area contributed by atoms with E-state index in [1.54, 1.807) is 6.92 Å². The van der Waals surface area contributed by atoms with E-state index < -0.39 is 18.8 Å². The normalized spacial score (nSPS) is 13.6. The van der Waals surface area contributed by atoms with Gasteiger partial charge >= 0.3 is 6.18 Å². The van der Waals surface area contributed by atoms with Gasteiger partial charge in [-0.2, -0.15) is 13.2 Å². The third-order valence-electron chi connectivity index (χ3n) is 1.96. The van der Waals surface area contributed by atoms with Crippen molar-refractivity contribution in [3.63, 3.8) is 0 Å². The third kappa shape index (κ3) is 2.96. The Kier molecular flexibility index (Phi) is 3.53. The van der Waals surface area contributed by atoms with Crippen LogP contribution in [0.4, 0.5) is 24.8 Å². The molecular weight excluding hydrogens is 225 g/mol. The quantitative estimate of drug-likeness (QED) is 0.719. The summed E-state index contributed by atoms with van der Waals surface area (Å²) in [6.45, 7) is 0.887. The molecule has 0 aliphatic heterocycles. The van der Waals surface area contributed by atoms with Crippen molar-refractivity contribution in [3.05, 3.63) is 11.9 Å². The van der Waals surface area contributed by atoms with Crippen molar-refractivity contribution in [2.75, 3.05) is 17.6 Å². The lowest BCUT2D eigenvalue weighted by Crippen LogP contribution is -2.35. The lowest BCUT2D eigenvalue weighted by molar-refractivity contribution is -0.198. The number of nitrogens with zero attached hydrogens (tertiary/aromatic N) is 2. The minimum Gasteiger partial charge on any atom is -0.383 e. The molecule has 0 saturated carbocycles. The number of anilines is 2. The van der Waals surface area contributed by atoms with E-state index in [2.05, 4.69) is 15.3 Å². The standard InChI is InChI=1S/C8H11F3N4O/c1-4-6(12)14-3-15-7(4)13-2-5(16)8(9,10)11/h3,5,16H,2H2,1H3,(H3,12,13,14,15). The lowest BCUT2D eigenvalue weighted by atomic mass is 10.3. The van der Waals surface area contributed by atoms with Crippen LogP contribution in [0.5, 0.6) is 0 Å². The lowest BCUT2D eigenvalue weighted by Gasteiger charge is -2.16. The number of hydrogen-bond acceptors (Lipinski definition) is 5. The smallest absolute Gasteiger partial charge is 0.383 e. The van der Waals surface area contributed by atoms with Crippen molar-refractivity contribution in [1.29, 1.82) is 0 Å². The highest BCUT2D eigenvalue weighted by molar-refractivity contribution is 5.53. The molecule has 90 valence electrons. The molecule has 0 aliphatic carbocycles. The molecule has 16 heavy (non-hydrogen) atoms. The molecule has 0 saturated heterocycles. The van der Waals surface area contributed by atoms with E-state index in [4.69, 9.17) is 10.8 Å². The van der Waals surface area contributed by atoms with Crippen molar-refractivity contribution in [2.45, 2.75) is 19.2 Å². The summed E-state index contributed by atoms with van der Waals surface area (Å²) in [6.07, 6.45) is -5.97. The summed E-state index contributed by atoms with van der Waals surface area (Å²) >= 11 is 0. The van der Waals surface area contributed by atoms with Crippen molar-refractivity contribution in [3.8, 4) is 0 Å². The van der Waals surface area contributed by atoms with E-state index in [0.717, 1.165) is 6.33 Å². The first-order valence-corrected chi connectivity index (χ1v) is 4.38. The van der Waals surface area contributed by atoms with Gasteiger partial charge in [0.25, 0.3) is 0 Å². The number of rotatable bonds is 3. The molecule has 1 unspecified atom stereocenters. The van der Waals surface area contributed by atoms with E-state index in [1.165, 1.54) is 0 Å². The predicted octanol–water partition coefficient (Wildman–Crippen LogP) is 0.702. The second kappa shape index (κ2) is 4.52. The molecule has 0 radical (unpaired) electrons. The second-order valence-corrected chi connectivity index (χ2v) is 3.17. The van der Waals surface area contributed by atoms with Gasteiger partial charge in [0.1, 0.15) is 18.0 Å². The zero-order valence-electron chi connectivity index (χ0n) is 8.41. The van der Waals surface area contributed by atoms with Gasteiger partial charge in [-0.1, -0.05) is 0 Å². The first-order chi connectivity index (χ1) is 7.32. The molecular formula is C8H11F3N4O. The number of nitrogens with two attached hydrogens (primary N) is 1. The Bertz CT molecular complexity index is 369. The molecule has 0 amide bonds. The minimum absolute atomic E-state index is 0.177. The Hall–Kier alpha value is -1.57. The van der Waals surface area contributed by atoms with Crippen molar-refractivity contribution in [2.24, 2.45) is 0 Å². The van der Waals surface area contributed by atoms with Crippen molar-refractivity contribution in [1.82, 2.24) is 9.97 Å². The maximum Gasteiger partial charge on any atom is 0.416 e. The molecule has 0 spiro atoms. The Labute approximate surface area is 89.5 Å². The molecule has 0 aromatic carbocycles. The van der Waals surface area contributed by atoms with Crippen LogP contribution < -0.4 is 11.1 Å². The van der Waals surface area contributed by atoms with Crippen LogP contribution in [0.3, 0.4) is 0 Å². The number of aliphatic hydroxyl groups is 1. The summed E-state index contributed by atoms with van der Waals surface area (Å²) in [5, 5.41) is 11.1. The second-order valence-electron chi connectivity index (χ2n) is 3.17. The van der Waals surface area contributed by atoms with Crippen LogP contribution in [-0.2, 0) is 0 Å². The summed E-state index contributed by atoms with van der Waals surface area (Å²) in [6, 6.07) is 0. The van der Waals surface area contributed by atoms with Gasteiger partial charge in [-0.15, -0.1) is 0 Å². The zero-order chi connectivity index (χ0) is 12.3. The zero-order valence-corrected chi connectivity index (χ0v) is 8.41. The van der Waals surface area contributed by atoms with Gasteiger partial charge in [0.15, 0.2) is 6.10 Å². The average molecular weight is 236 g/mol. The maximum atomic E-state index is 12.0. The number of alkyl halides is 3. The molecule has 1 atom stereocenters. The molecule has 8 heteroatoms. The van der Waals surface area contributed by atoms with Gasteiger partial charge in [0.05, 0.1) is 6.54 Å².